The molecule has 1 aromatic carbocycles. The quantitative estimate of drug-likeness (QED) is 0.876. The van der Waals surface area contributed by atoms with Crippen LogP contribution < -0.4 is 5.32 Å². The molecule has 0 atom stereocenters. The van der Waals surface area contributed by atoms with Crippen molar-refractivity contribution in [1.29, 1.82) is 5.26 Å². The summed E-state index contributed by atoms with van der Waals surface area (Å²) in [6.45, 7) is -0.361. The molecule has 0 saturated carbocycles. The molecule has 0 aliphatic heterocycles. The van der Waals surface area contributed by atoms with Gasteiger partial charge in [0.2, 0.25) is 0 Å². The van der Waals surface area contributed by atoms with Crippen molar-refractivity contribution in [3.05, 3.63) is 51.2 Å². The van der Waals surface area contributed by atoms with Gasteiger partial charge in [-0.2, -0.15) is 5.26 Å². The molecule has 0 unspecified atom stereocenters. The maximum absolute atomic E-state index is 12.0. The first kappa shape index (κ1) is 15.0. The second-order valence-electron chi connectivity index (χ2n) is 3.86. The maximum atomic E-state index is 12.0. The van der Waals surface area contributed by atoms with Gasteiger partial charge in [0.25, 0.3) is 5.91 Å². The van der Waals surface area contributed by atoms with E-state index in [1.165, 1.54) is 29.5 Å². The fourth-order valence-corrected chi connectivity index (χ4v) is 2.36. The number of nitrogens with one attached hydrogen (secondary N) is 1. The number of thiophene rings is 1. The molecule has 0 saturated heterocycles. The van der Waals surface area contributed by atoms with Crippen molar-refractivity contribution in [1.82, 2.24) is 0 Å². The fraction of sp³-hybridized carbons (Fsp3) is 0.0714. The van der Waals surface area contributed by atoms with Crippen LogP contribution in [0.15, 0.2) is 35.7 Å². The van der Waals surface area contributed by atoms with Crippen LogP contribution in [0.4, 0.5) is 5.69 Å². The SMILES string of the molecule is N#CCOC(=O)c1ccc(Cl)cc1NC(=O)c1cccs1. The molecule has 1 aromatic heterocycles. The minimum absolute atomic E-state index is 0.138. The number of hydrogen-bond acceptors (Lipinski definition) is 5. The van der Waals surface area contributed by atoms with E-state index in [4.69, 9.17) is 21.6 Å². The van der Waals surface area contributed by atoms with Crippen LogP contribution in [0.25, 0.3) is 0 Å². The topological polar surface area (TPSA) is 79.2 Å². The first-order valence-electron chi connectivity index (χ1n) is 5.80. The highest BCUT2D eigenvalue weighted by Gasteiger charge is 2.16. The van der Waals surface area contributed by atoms with Crippen molar-refractivity contribution >= 4 is 40.5 Å². The van der Waals surface area contributed by atoms with Gasteiger partial charge < -0.3 is 10.1 Å². The molecule has 1 heterocycles. The smallest absolute Gasteiger partial charge is 0.341 e. The second-order valence-corrected chi connectivity index (χ2v) is 5.24. The zero-order valence-electron chi connectivity index (χ0n) is 10.6. The highest BCUT2D eigenvalue weighted by atomic mass is 35.5. The third-order valence-corrected chi connectivity index (χ3v) is 3.57. The van der Waals surface area contributed by atoms with E-state index in [0.29, 0.717) is 9.90 Å². The molecule has 5 nitrogen and oxygen atoms in total. The lowest BCUT2D eigenvalue weighted by Gasteiger charge is -2.10. The summed E-state index contributed by atoms with van der Waals surface area (Å²) in [6, 6.07) is 9.52. The van der Waals surface area contributed by atoms with Crippen molar-refractivity contribution in [3.8, 4) is 6.07 Å². The molecule has 0 spiro atoms. The molecule has 1 amide bonds. The lowest BCUT2D eigenvalue weighted by molar-refractivity contribution is 0.0556. The summed E-state index contributed by atoms with van der Waals surface area (Å²) in [6.07, 6.45) is 0. The van der Waals surface area contributed by atoms with Crippen LogP contribution in [0.2, 0.25) is 5.02 Å². The van der Waals surface area contributed by atoms with Crippen LogP contribution in [0.5, 0.6) is 0 Å². The van der Waals surface area contributed by atoms with E-state index < -0.39 is 5.97 Å². The Bertz CT molecular complexity index is 708. The number of carbonyl (C=O) groups is 2. The third kappa shape index (κ3) is 3.81. The van der Waals surface area contributed by atoms with E-state index in [-0.39, 0.29) is 23.8 Å². The molecule has 106 valence electrons. The number of hydrogen-bond donors (Lipinski definition) is 1. The Balaban J connectivity index is 2.25. The van der Waals surface area contributed by atoms with Crippen molar-refractivity contribution in [2.75, 3.05) is 11.9 Å². The molecule has 0 radical (unpaired) electrons. The first-order chi connectivity index (χ1) is 10.1. The Kier molecular flexibility index (Phi) is 4.93. The Hall–Kier alpha value is -2.36. The number of amides is 1. The fourth-order valence-electron chi connectivity index (χ4n) is 1.57. The van der Waals surface area contributed by atoms with Crippen LogP contribution in [0, 0.1) is 11.3 Å². The van der Waals surface area contributed by atoms with Crippen molar-refractivity contribution in [3.63, 3.8) is 0 Å². The molecular weight excluding hydrogens is 312 g/mol. The van der Waals surface area contributed by atoms with E-state index >= 15 is 0 Å². The summed E-state index contributed by atoms with van der Waals surface area (Å²) in [5.74, 6) is -1.05. The van der Waals surface area contributed by atoms with Crippen LogP contribution in [0.1, 0.15) is 20.0 Å². The molecule has 0 bridgehead atoms. The second kappa shape index (κ2) is 6.88. The summed E-state index contributed by atoms with van der Waals surface area (Å²) in [5.41, 5.74) is 0.378. The van der Waals surface area contributed by atoms with Gasteiger partial charge in [0, 0.05) is 5.02 Å². The van der Waals surface area contributed by atoms with E-state index in [2.05, 4.69) is 5.32 Å². The number of carbonyl (C=O) groups excluding carboxylic acids is 2. The molecule has 0 aliphatic carbocycles. The van der Waals surface area contributed by atoms with E-state index in [0.717, 1.165) is 0 Å². The van der Waals surface area contributed by atoms with Gasteiger partial charge in [0.1, 0.15) is 6.07 Å². The monoisotopic (exact) mass is 320 g/mol. The Morgan fingerprint density at radius 2 is 2.19 bits per heavy atom. The zero-order chi connectivity index (χ0) is 15.2. The summed E-state index contributed by atoms with van der Waals surface area (Å²) in [7, 11) is 0. The standard InChI is InChI=1S/C14H9ClN2O3S/c15-9-3-4-10(14(19)20-6-5-16)11(8-9)17-13(18)12-2-1-7-21-12/h1-4,7-8H,6H2,(H,17,18). The number of halogens is 1. The molecular formula is C14H9ClN2O3S. The van der Waals surface area contributed by atoms with Crippen LogP contribution >= 0.6 is 22.9 Å². The number of rotatable bonds is 4. The first-order valence-corrected chi connectivity index (χ1v) is 7.06. The summed E-state index contributed by atoms with van der Waals surface area (Å²) in [4.78, 5) is 24.4. The number of nitriles is 1. The molecule has 7 heteroatoms. The largest absolute Gasteiger partial charge is 0.447 e. The van der Waals surface area contributed by atoms with Gasteiger partial charge in [-0.3, -0.25) is 4.79 Å². The predicted molar refractivity (Wildman–Crippen MR) is 79.6 cm³/mol. The Morgan fingerprint density at radius 3 is 2.86 bits per heavy atom. The van der Waals surface area contributed by atoms with Gasteiger partial charge in [-0.05, 0) is 29.6 Å². The van der Waals surface area contributed by atoms with Gasteiger partial charge in [-0.1, -0.05) is 17.7 Å². The highest BCUT2D eigenvalue weighted by molar-refractivity contribution is 7.12. The van der Waals surface area contributed by atoms with Crippen molar-refractivity contribution in [2.24, 2.45) is 0 Å². The molecule has 0 fully saturated rings. The summed E-state index contributed by atoms with van der Waals surface area (Å²) < 4.78 is 4.74. The highest BCUT2D eigenvalue weighted by Crippen LogP contribution is 2.23. The normalized spacial score (nSPS) is 9.71. The maximum Gasteiger partial charge on any atom is 0.341 e. The van der Waals surface area contributed by atoms with Gasteiger partial charge in [-0.25, -0.2) is 4.79 Å². The number of ether oxygens (including phenoxy) is 1. The van der Waals surface area contributed by atoms with Crippen LogP contribution in [0.3, 0.4) is 0 Å². The van der Waals surface area contributed by atoms with E-state index in [1.807, 2.05) is 0 Å². The van der Waals surface area contributed by atoms with Gasteiger partial charge in [0.05, 0.1) is 16.1 Å². The molecule has 2 aromatic rings. The number of anilines is 1. The van der Waals surface area contributed by atoms with Gasteiger partial charge in [0.15, 0.2) is 6.61 Å². The number of nitrogens with zero attached hydrogens (tertiary/aromatic N) is 1. The average Bonchev–Trinajstić information content (AvgIpc) is 2.99. The predicted octanol–water partition coefficient (Wildman–Crippen LogP) is 3.33. The summed E-state index contributed by atoms with van der Waals surface area (Å²) in [5, 5.41) is 13.2. The number of benzene rings is 1. The lowest BCUT2D eigenvalue weighted by Crippen LogP contribution is -2.15. The van der Waals surface area contributed by atoms with Crippen LogP contribution in [-0.2, 0) is 4.74 Å². The van der Waals surface area contributed by atoms with Gasteiger partial charge in [-0.15, -0.1) is 11.3 Å². The zero-order valence-corrected chi connectivity index (χ0v) is 12.2. The summed E-state index contributed by atoms with van der Waals surface area (Å²) >= 11 is 7.16. The van der Waals surface area contributed by atoms with Crippen molar-refractivity contribution in [2.45, 2.75) is 0 Å². The number of esters is 1. The molecule has 1 N–H and O–H groups in total. The van der Waals surface area contributed by atoms with Crippen LogP contribution in [-0.4, -0.2) is 18.5 Å². The molecule has 2 rings (SSSR count). The lowest BCUT2D eigenvalue weighted by atomic mass is 10.1. The Labute approximate surface area is 129 Å². The third-order valence-electron chi connectivity index (χ3n) is 2.46. The van der Waals surface area contributed by atoms with E-state index in [9.17, 15) is 9.59 Å². The van der Waals surface area contributed by atoms with Gasteiger partial charge >= 0.3 is 5.97 Å². The minimum atomic E-state index is -0.699. The van der Waals surface area contributed by atoms with E-state index in [1.54, 1.807) is 23.6 Å². The average molecular weight is 321 g/mol. The Morgan fingerprint density at radius 1 is 1.38 bits per heavy atom. The van der Waals surface area contributed by atoms with Crippen molar-refractivity contribution < 1.29 is 14.3 Å². The molecule has 0 aliphatic rings. The minimum Gasteiger partial charge on any atom is -0.447 e. The molecule has 21 heavy (non-hydrogen) atoms.